The van der Waals surface area contributed by atoms with Crippen LogP contribution in [0.5, 0.6) is 0 Å². The molecule has 0 saturated carbocycles. The topological polar surface area (TPSA) is 108 Å². The van der Waals surface area contributed by atoms with Crippen molar-refractivity contribution in [1.29, 1.82) is 0 Å². The molecule has 5 rings (SSSR count). The summed E-state index contributed by atoms with van der Waals surface area (Å²) >= 11 is 5.89. The Bertz CT molecular complexity index is 1430. The van der Waals surface area contributed by atoms with Crippen molar-refractivity contribution < 1.29 is 17.7 Å². The number of anilines is 1. The number of hydrogen-bond donors (Lipinski definition) is 1. The van der Waals surface area contributed by atoms with Gasteiger partial charge in [-0.25, -0.2) is 14.5 Å². The van der Waals surface area contributed by atoms with Crippen LogP contribution in [-0.2, 0) is 6.18 Å². The lowest BCUT2D eigenvalue weighted by Gasteiger charge is -2.11. The van der Waals surface area contributed by atoms with Gasteiger partial charge in [0.2, 0.25) is 5.82 Å². The predicted molar refractivity (Wildman–Crippen MR) is 109 cm³/mol. The third-order valence-electron chi connectivity index (χ3n) is 4.60. The van der Waals surface area contributed by atoms with Crippen molar-refractivity contribution in [2.24, 2.45) is 0 Å². The molecule has 0 aliphatic rings. The number of fused-ring (bicyclic) bond motifs is 1. The maximum Gasteiger partial charge on any atom is 0.433 e. The summed E-state index contributed by atoms with van der Waals surface area (Å²) in [6.07, 6.45) is -2.03. The summed E-state index contributed by atoms with van der Waals surface area (Å²) in [4.78, 5) is 12.6. The molecule has 0 aliphatic carbocycles. The van der Waals surface area contributed by atoms with Crippen molar-refractivity contribution in [3.8, 4) is 34.1 Å². The lowest BCUT2D eigenvalue weighted by atomic mass is 10.1. The molecule has 32 heavy (non-hydrogen) atoms. The summed E-state index contributed by atoms with van der Waals surface area (Å²) in [6.45, 7) is 0. The van der Waals surface area contributed by atoms with Gasteiger partial charge >= 0.3 is 6.18 Å². The van der Waals surface area contributed by atoms with Crippen molar-refractivity contribution in [2.45, 2.75) is 6.18 Å². The zero-order valence-corrected chi connectivity index (χ0v) is 16.6. The summed E-state index contributed by atoms with van der Waals surface area (Å²) in [7, 11) is 0. The summed E-state index contributed by atoms with van der Waals surface area (Å²) < 4.78 is 47.3. The van der Waals surface area contributed by atoms with E-state index in [1.165, 1.54) is 12.4 Å². The van der Waals surface area contributed by atoms with Gasteiger partial charge in [-0.2, -0.15) is 23.3 Å². The molecule has 4 aromatic heterocycles. The number of rotatable bonds is 3. The van der Waals surface area contributed by atoms with Gasteiger partial charge < -0.3 is 10.3 Å². The fourth-order valence-electron chi connectivity index (χ4n) is 3.07. The second-order valence-electron chi connectivity index (χ2n) is 6.72. The van der Waals surface area contributed by atoms with Crippen molar-refractivity contribution in [3.05, 3.63) is 65.6 Å². The Morgan fingerprint density at radius 1 is 0.969 bits per heavy atom. The highest BCUT2D eigenvalue weighted by Gasteiger charge is 2.36. The van der Waals surface area contributed by atoms with Crippen LogP contribution in [0.15, 0.2) is 59.4 Å². The fraction of sp³-hybridized carbons (Fsp3) is 0.0500. The Morgan fingerprint density at radius 2 is 1.72 bits per heavy atom. The highest BCUT2D eigenvalue weighted by molar-refractivity contribution is 6.30. The molecule has 0 radical (unpaired) electrons. The number of pyridine rings is 1. The SMILES string of the molecule is Nc1ccc(-c2noc(-c3cnn4c(C(F)(F)F)cc(-c5ccc(Cl)cc5)nc34)n2)cn1. The molecule has 0 atom stereocenters. The molecule has 0 bridgehead atoms. The van der Waals surface area contributed by atoms with Gasteiger partial charge in [0.25, 0.3) is 5.89 Å². The van der Waals surface area contributed by atoms with Gasteiger partial charge in [-0.05, 0) is 30.3 Å². The van der Waals surface area contributed by atoms with Gasteiger partial charge in [-0.3, -0.25) is 0 Å². The first-order valence-electron chi connectivity index (χ1n) is 9.07. The van der Waals surface area contributed by atoms with E-state index in [0.29, 0.717) is 26.5 Å². The van der Waals surface area contributed by atoms with Gasteiger partial charge in [0.05, 0.1) is 11.9 Å². The van der Waals surface area contributed by atoms with E-state index < -0.39 is 11.9 Å². The van der Waals surface area contributed by atoms with E-state index in [2.05, 4.69) is 25.2 Å². The third kappa shape index (κ3) is 3.52. The molecular weight excluding hydrogens is 447 g/mol. The number of nitrogens with two attached hydrogens (primary N) is 1. The number of hydrogen-bond acceptors (Lipinski definition) is 7. The Balaban J connectivity index is 1.67. The lowest BCUT2D eigenvalue weighted by molar-refractivity contribution is -0.142. The molecule has 8 nitrogen and oxygen atoms in total. The van der Waals surface area contributed by atoms with Gasteiger partial charge in [-0.1, -0.05) is 28.9 Å². The number of nitrogens with zero attached hydrogens (tertiary/aromatic N) is 6. The Kier molecular flexibility index (Phi) is 4.55. The van der Waals surface area contributed by atoms with Gasteiger partial charge in [0, 0.05) is 22.3 Å². The minimum Gasteiger partial charge on any atom is -0.384 e. The predicted octanol–water partition coefficient (Wildman–Crippen LogP) is 4.76. The summed E-state index contributed by atoms with van der Waals surface area (Å²) in [5.74, 6) is 0.469. The zero-order chi connectivity index (χ0) is 22.5. The Morgan fingerprint density at radius 3 is 2.41 bits per heavy atom. The molecule has 0 fully saturated rings. The average Bonchev–Trinajstić information content (AvgIpc) is 3.40. The van der Waals surface area contributed by atoms with Crippen LogP contribution in [0.25, 0.3) is 39.7 Å². The monoisotopic (exact) mass is 457 g/mol. The van der Waals surface area contributed by atoms with Crippen molar-refractivity contribution in [2.75, 3.05) is 5.73 Å². The summed E-state index contributed by atoms with van der Waals surface area (Å²) in [6, 6.07) is 10.4. The third-order valence-corrected chi connectivity index (χ3v) is 4.86. The molecule has 4 heterocycles. The smallest absolute Gasteiger partial charge is 0.384 e. The minimum absolute atomic E-state index is 0.0410. The van der Waals surface area contributed by atoms with Gasteiger partial charge in [0.1, 0.15) is 11.4 Å². The molecule has 12 heteroatoms. The standard InChI is InChI=1S/C20H11ClF3N7O/c21-12-4-1-10(2-5-12)14-7-15(20(22,23)24)31-18(28-14)13(9-27-31)19-29-17(30-32-19)11-3-6-16(25)26-8-11/h1-9H,(H2,25,26). The van der Waals surface area contributed by atoms with Crippen LogP contribution in [0.4, 0.5) is 19.0 Å². The van der Waals surface area contributed by atoms with Crippen molar-refractivity contribution >= 4 is 23.1 Å². The van der Waals surface area contributed by atoms with E-state index in [0.717, 1.165) is 6.07 Å². The largest absolute Gasteiger partial charge is 0.433 e. The minimum atomic E-state index is -4.68. The zero-order valence-electron chi connectivity index (χ0n) is 15.9. The number of alkyl halides is 3. The average molecular weight is 458 g/mol. The number of halogens is 4. The normalized spacial score (nSPS) is 11.9. The maximum atomic E-state index is 13.8. The van der Waals surface area contributed by atoms with Crippen LogP contribution in [0, 0.1) is 0 Å². The van der Waals surface area contributed by atoms with Crippen molar-refractivity contribution in [1.82, 2.24) is 29.7 Å². The summed E-state index contributed by atoms with van der Waals surface area (Å²) in [5, 5.41) is 8.18. The number of aromatic nitrogens is 6. The van der Waals surface area contributed by atoms with Gasteiger partial charge in [-0.15, -0.1) is 0 Å². The summed E-state index contributed by atoms with van der Waals surface area (Å²) in [5.41, 5.74) is 5.70. The molecule has 0 amide bonds. The van der Waals surface area contributed by atoms with Crippen LogP contribution in [-0.4, -0.2) is 29.7 Å². The highest BCUT2D eigenvalue weighted by Crippen LogP contribution is 2.35. The van der Waals surface area contributed by atoms with Crippen LogP contribution < -0.4 is 5.73 Å². The maximum absolute atomic E-state index is 13.8. The highest BCUT2D eigenvalue weighted by atomic mass is 35.5. The molecule has 5 aromatic rings. The van der Waals surface area contributed by atoms with E-state index in [4.69, 9.17) is 21.9 Å². The van der Waals surface area contributed by atoms with E-state index >= 15 is 0 Å². The second kappa shape index (κ2) is 7.31. The molecule has 0 unspecified atom stereocenters. The van der Waals surface area contributed by atoms with E-state index in [-0.39, 0.29) is 28.6 Å². The molecule has 160 valence electrons. The van der Waals surface area contributed by atoms with E-state index in [1.54, 1.807) is 36.4 Å². The Labute approximate surface area is 182 Å². The first-order chi connectivity index (χ1) is 15.3. The van der Waals surface area contributed by atoms with Crippen LogP contribution in [0.2, 0.25) is 5.02 Å². The molecular formula is C20H11ClF3N7O. The number of benzene rings is 1. The van der Waals surface area contributed by atoms with Crippen LogP contribution in [0.1, 0.15) is 5.69 Å². The first-order valence-corrected chi connectivity index (χ1v) is 9.45. The first kappa shape index (κ1) is 19.9. The molecule has 0 aliphatic heterocycles. The molecule has 0 spiro atoms. The second-order valence-corrected chi connectivity index (χ2v) is 7.16. The van der Waals surface area contributed by atoms with Crippen molar-refractivity contribution in [3.63, 3.8) is 0 Å². The van der Waals surface area contributed by atoms with E-state index in [1.807, 2.05) is 0 Å². The molecule has 1 aromatic carbocycles. The Hall–Kier alpha value is -3.99. The fourth-order valence-corrected chi connectivity index (χ4v) is 3.20. The lowest BCUT2D eigenvalue weighted by Crippen LogP contribution is -2.13. The van der Waals surface area contributed by atoms with Crippen LogP contribution >= 0.6 is 11.6 Å². The number of nitrogen functional groups attached to an aromatic ring is 1. The molecule has 2 N–H and O–H groups in total. The quantitative estimate of drug-likeness (QED) is 0.416. The van der Waals surface area contributed by atoms with Gasteiger partial charge in [0.15, 0.2) is 11.3 Å². The molecule has 0 saturated heterocycles. The van der Waals surface area contributed by atoms with E-state index in [9.17, 15) is 13.2 Å². The van der Waals surface area contributed by atoms with Crippen LogP contribution in [0.3, 0.4) is 0 Å².